The molecular weight excluding hydrogens is 500 g/mol. The van der Waals surface area contributed by atoms with Crippen molar-refractivity contribution in [3.63, 3.8) is 0 Å². The second kappa shape index (κ2) is 11.6. The molecule has 2 fully saturated rings. The van der Waals surface area contributed by atoms with Gasteiger partial charge in [0.25, 0.3) is 0 Å². The normalized spacial score (nSPS) is 15.5. The summed E-state index contributed by atoms with van der Waals surface area (Å²) in [6.45, 7) is 6.88. The Labute approximate surface area is 227 Å². The first kappa shape index (κ1) is 26.3. The quantitative estimate of drug-likeness (QED) is 0.332. The SMILES string of the molecule is CC(C)(Oc1ccc(OCCOc2nc(NC3CC3)nc(N3CCN(c4ccccc4)CC3)n2)cc1)C(=O)O. The highest BCUT2D eigenvalue weighted by Crippen LogP contribution is 2.26. The zero-order valence-electron chi connectivity index (χ0n) is 22.2. The van der Waals surface area contributed by atoms with Crippen molar-refractivity contribution in [2.75, 3.05) is 54.5 Å². The molecule has 2 aliphatic rings. The molecule has 2 N–H and O–H groups in total. The van der Waals surface area contributed by atoms with Gasteiger partial charge in [-0.15, -0.1) is 0 Å². The number of aliphatic carboxylic acids is 1. The van der Waals surface area contributed by atoms with Gasteiger partial charge in [0.05, 0.1) is 0 Å². The highest BCUT2D eigenvalue weighted by molar-refractivity contribution is 5.76. The Morgan fingerprint density at radius 1 is 0.897 bits per heavy atom. The lowest BCUT2D eigenvalue weighted by Crippen LogP contribution is -2.47. The molecule has 0 radical (unpaired) electrons. The first-order chi connectivity index (χ1) is 18.9. The number of hydrogen-bond donors (Lipinski definition) is 2. The second-order valence-electron chi connectivity index (χ2n) is 10.1. The average Bonchev–Trinajstić information content (AvgIpc) is 3.76. The van der Waals surface area contributed by atoms with E-state index in [0.717, 1.165) is 39.0 Å². The number of aromatic nitrogens is 3. The lowest BCUT2D eigenvalue weighted by Gasteiger charge is -2.36. The number of ether oxygens (including phenoxy) is 3. The molecule has 2 heterocycles. The number of benzene rings is 2. The van der Waals surface area contributed by atoms with Crippen LogP contribution in [0.2, 0.25) is 0 Å². The van der Waals surface area contributed by atoms with Crippen molar-refractivity contribution in [3.8, 4) is 17.5 Å². The predicted octanol–water partition coefficient (Wildman–Crippen LogP) is 3.47. The first-order valence-corrected chi connectivity index (χ1v) is 13.2. The minimum Gasteiger partial charge on any atom is -0.490 e. The first-order valence-electron chi connectivity index (χ1n) is 13.2. The molecule has 1 saturated heterocycles. The lowest BCUT2D eigenvalue weighted by atomic mass is 10.1. The van der Waals surface area contributed by atoms with E-state index in [9.17, 15) is 9.90 Å². The van der Waals surface area contributed by atoms with E-state index in [-0.39, 0.29) is 19.2 Å². The fourth-order valence-electron chi connectivity index (χ4n) is 4.06. The van der Waals surface area contributed by atoms with Gasteiger partial charge in [-0.25, -0.2) is 4.79 Å². The Bertz CT molecular complexity index is 1250. The van der Waals surface area contributed by atoms with Gasteiger partial charge in [-0.1, -0.05) is 18.2 Å². The van der Waals surface area contributed by atoms with E-state index in [2.05, 4.69) is 54.3 Å². The molecule has 0 atom stereocenters. The number of carboxylic acid groups (broad SMARTS) is 1. The van der Waals surface area contributed by atoms with Gasteiger partial charge in [0, 0.05) is 37.9 Å². The van der Waals surface area contributed by atoms with Gasteiger partial charge in [0.15, 0.2) is 5.60 Å². The monoisotopic (exact) mass is 534 g/mol. The number of piperazine rings is 1. The van der Waals surface area contributed by atoms with Crippen molar-refractivity contribution in [2.45, 2.75) is 38.3 Å². The van der Waals surface area contributed by atoms with Gasteiger partial charge in [-0.3, -0.25) is 0 Å². The summed E-state index contributed by atoms with van der Waals surface area (Å²) in [5, 5.41) is 12.6. The Hall–Kier alpha value is -4.28. The largest absolute Gasteiger partial charge is 0.490 e. The van der Waals surface area contributed by atoms with Crippen LogP contribution in [0.3, 0.4) is 0 Å². The summed E-state index contributed by atoms with van der Waals surface area (Å²) >= 11 is 0. The van der Waals surface area contributed by atoms with Gasteiger partial charge < -0.3 is 34.4 Å². The van der Waals surface area contributed by atoms with Crippen LogP contribution in [0.15, 0.2) is 54.6 Å². The smallest absolute Gasteiger partial charge is 0.347 e. The van der Waals surface area contributed by atoms with Crippen LogP contribution in [-0.4, -0.2) is 77.1 Å². The van der Waals surface area contributed by atoms with Gasteiger partial charge in [0.1, 0.15) is 24.7 Å². The molecule has 0 amide bonds. The van der Waals surface area contributed by atoms with Gasteiger partial charge in [0.2, 0.25) is 11.9 Å². The summed E-state index contributed by atoms with van der Waals surface area (Å²) in [4.78, 5) is 29.5. The summed E-state index contributed by atoms with van der Waals surface area (Å²) < 4.78 is 17.1. The van der Waals surface area contributed by atoms with Crippen molar-refractivity contribution >= 4 is 23.6 Å². The molecule has 3 aromatic rings. The van der Waals surface area contributed by atoms with Crippen LogP contribution in [0, 0.1) is 0 Å². The van der Waals surface area contributed by atoms with Gasteiger partial charge in [-0.05, 0) is 63.1 Å². The molecule has 206 valence electrons. The number of nitrogens with zero attached hydrogens (tertiary/aromatic N) is 5. The van der Waals surface area contributed by atoms with Crippen LogP contribution in [-0.2, 0) is 4.79 Å². The van der Waals surface area contributed by atoms with Crippen LogP contribution in [0.25, 0.3) is 0 Å². The maximum atomic E-state index is 11.3. The molecule has 0 bridgehead atoms. The van der Waals surface area contributed by atoms with E-state index < -0.39 is 11.6 Å². The van der Waals surface area contributed by atoms with Gasteiger partial charge >= 0.3 is 12.0 Å². The Kier molecular flexibility index (Phi) is 7.85. The fourth-order valence-corrected chi connectivity index (χ4v) is 4.06. The van der Waals surface area contributed by atoms with Crippen molar-refractivity contribution in [2.24, 2.45) is 0 Å². The Balaban J connectivity index is 1.15. The molecule has 1 aromatic heterocycles. The number of carbonyl (C=O) groups is 1. The van der Waals surface area contributed by atoms with Gasteiger partial charge in [-0.2, -0.15) is 15.0 Å². The highest BCUT2D eigenvalue weighted by atomic mass is 16.5. The van der Waals surface area contributed by atoms with E-state index in [0.29, 0.717) is 29.4 Å². The molecule has 1 aliphatic heterocycles. The second-order valence-corrected chi connectivity index (χ2v) is 10.1. The van der Waals surface area contributed by atoms with Crippen molar-refractivity contribution in [1.82, 2.24) is 15.0 Å². The van der Waals surface area contributed by atoms with Crippen LogP contribution in [0.5, 0.6) is 17.5 Å². The molecule has 11 heteroatoms. The molecule has 5 rings (SSSR count). The number of anilines is 3. The lowest BCUT2D eigenvalue weighted by molar-refractivity contribution is -0.152. The number of carboxylic acids is 1. The van der Waals surface area contributed by atoms with E-state index in [1.54, 1.807) is 24.3 Å². The minimum atomic E-state index is -1.32. The number of hydrogen-bond acceptors (Lipinski definition) is 10. The minimum absolute atomic E-state index is 0.248. The molecule has 1 saturated carbocycles. The number of para-hydroxylation sites is 1. The molecule has 2 aromatic carbocycles. The zero-order chi connectivity index (χ0) is 27.2. The molecule has 0 unspecified atom stereocenters. The molecule has 11 nitrogen and oxygen atoms in total. The predicted molar refractivity (Wildman–Crippen MR) is 147 cm³/mol. The van der Waals surface area contributed by atoms with E-state index in [4.69, 9.17) is 14.2 Å². The zero-order valence-corrected chi connectivity index (χ0v) is 22.2. The summed E-state index contributed by atoms with van der Waals surface area (Å²) in [7, 11) is 0. The van der Waals surface area contributed by atoms with E-state index in [1.807, 2.05) is 6.07 Å². The number of nitrogens with one attached hydrogen (secondary N) is 1. The van der Waals surface area contributed by atoms with Crippen molar-refractivity contribution in [3.05, 3.63) is 54.6 Å². The number of rotatable bonds is 12. The van der Waals surface area contributed by atoms with Crippen LogP contribution < -0.4 is 29.3 Å². The topological polar surface area (TPSA) is 122 Å². The van der Waals surface area contributed by atoms with E-state index in [1.165, 1.54) is 19.5 Å². The summed E-state index contributed by atoms with van der Waals surface area (Å²) in [6, 6.07) is 17.9. The summed E-state index contributed by atoms with van der Waals surface area (Å²) in [6.07, 6.45) is 2.22. The average molecular weight is 535 g/mol. The van der Waals surface area contributed by atoms with Crippen molar-refractivity contribution in [1.29, 1.82) is 0 Å². The summed E-state index contributed by atoms with van der Waals surface area (Å²) in [5.74, 6) is 1.17. The molecule has 1 aliphatic carbocycles. The summed E-state index contributed by atoms with van der Waals surface area (Å²) in [5.41, 5.74) is -0.0957. The molecule has 39 heavy (non-hydrogen) atoms. The highest BCUT2D eigenvalue weighted by Gasteiger charge is 2.29. The third kappa shape index (κ3) is 7.18. The third-order valence-electron chi connectivity index (χ3n) is 6.49. The maximum absolute atomic E-state index is 11.3. The molecular formula is C28H34N6O5. The van der Waals surface area contributed by atoms with Crippen molar-refractivity contribution < 1.29 is 24.1 Å². The van der Waals surface area contributed by atoms with E-state index >= 15 is 0 Å². The van der Waals surface area contributed by atoms with Crippen LogP contribution in [0.1, 0.15) is 26.7 Å². The maximum Gasteiger partial charge on any atom is 0.347 e. The Morgan fingerprint density at radius 3 is 2.21 bits per heavy atom. The fraction of sp³-hybridized carbons (Fsp3) is 0.429. The third-order valence-corrected chi connectivity index (χ3v) is 6.49. The molecule has 0 spiro atoms. The standard InChI is InChI=1S/C28H34N6O5/c1-28(2,24(35)36)39-23-12-10-22(11-13-23)37-18-19-38-27-31-25(29-20-8-9-20)30-26(32-27)34-16-14-33(15-17-34)21-6-4-3-5-7-21/h3-7,10-13,20H,8-9,14-19H2,1-2H3,(H,35,36)(H,29,30,31,32). The van der Waals surface area contributed by atoms with Crippen LogP contribution >= 0.6 is 0 Å². The Morgan fingerprint density at radius 2 is 1.54 bits per heavy atom. The van der Waals surface area contributed by atoms with Crippen LogP contribution in [0.4, 0.5) is 17.6 Å².